The first-order valence-electron chi connectivity index (χ1n) is 5.63. The maximum absolute atomic E-state index is 13.0. The van der Waals surface area contributed by atoms with E-state index in [1.165, 1.54) is 6.07 Å². The second kappa shape index (κ2) is 5.71. The van der Waals surface area contributed by atoms with Gasteiger partial charge in [0.1, 0.15) is 4.90 Å². The molecule has 2 rings (SSSR count). The van der Waals surface area contributed by atoms with E-state index in [1.807, 2.05) is 0 Å². The van der Waals surface area contributed by atoms with E-state index in [4.69, 9.17) is 11.6 Å². The third-order valence-corrected chi connectivity index (χ3v) is 3.95. The Kier molecular flexibility index (Phi) is 4.15. The van der Waals surface area contributed by atoms with Gasteiger partial charge in [0.05, 0.1) is 16.4 Å². The molecule has 0 unspecified atom stereocenters. The molecule has 2 aromatic carbocycles. The average molecular weight is 330 g/mol. The van der Waals surface area contributed by atoms with Crippen molar-refractivity contribution in [3.05, 3.63) is 53.6 Å². The van der Waals surface area contributed by atoms with Crippen molar-refractivity contribution >= 4 is 39.3 Å². The summed E-state index contributed by atoms with van der Waals surface area (Å²) in [6, 6.07) is 11.3. The van der Waals surface area contributed by atoms with Gasteiger partial charge in [-0.1, -0.05) is 29.8 Å². The molecule has 2 aromatic rings. The molecule has 0 saturated heterocycles. The fourth-order valence-corrected chi connectivity index (χ4v) is 2.75. The van der Waals surface area contributed by atoms with Crippen LogP contribution >= 0.6 is 11.6 Å². The van der Waals surface area contributed by atoms with Crippen LogP contribution < -0.4 is 4.90 Å². The van der Waals surface area contributed by atoms with Crippen molar-refractivity contribution in [2.24, 2.45) is 0 Å². The van der Waals surface area contributed by atoms with Crippen molar-refractivity contribution in [1.29, 1.82) is 0 Å². The molecule has 0 heterocycles. The van der Waals surface area contributed by atoms with E-state index in [2.05, 4.69) is 0 Å². The van der Waals surface area contributed by atoms with Gasteiger partial charge in [0.25, 0.3) is 0 Å². The van der Waals surface area contributed by atoms with Crippen LogP contribution in [0, 0.1) is 0 Å². The zero-order valence-electron chi connectivity index (χ0n) is 10.4. The second-order valence-corrected chi connectivity index (χ2v) is 5.73. The summed E-state index contributed by atoms with van der Waals surface area (Å²) in [6.07, 6.45) is -1.28. The molecule has 1 amide bonds. The van der Waals surface area contributed by atoms with Crippen LogP contribution in [0.25, 0.3) is 0 Å². The van der Waals surface area contributed by atoms with Crippen molar-refractivity contribution < 1.29 is 22.2 Å². The summed E-state index contributed by atoms with van der Waals surface area (Å²) in [5.74, 6) is 0. The zero-order valence-corrected chi connectivity index (χ0v) is 12.0. The Bertz CT molecular complexity index is 780. The summed E-state index contributed by atoms with van der Waals surface area (Å²) in [5.41, 5.74) is 0.447. The predicted octanol–water partition coefficient (Wildman–Crippen LogP) is 3.81. The second-order valence-electron chi connectivity index (χ2n) is 4.01. The number of amides is 1. The van der Waals surface area contributed by atoms with Crippen molar-refractivity contribution in [3.8, 4) is 0 Å². The molecule has 5 nitrogen and oxygen atoms in total. The maximum Gasteiger partial charge on any atom is 0.416 e. The van der Waals surface area contributed by atoms with Crippen LogP contribution in [0.4, 0.5) is 20.1 Å². The summed E-state index contributed by atoms with van der Waals surface area (Å²) >= 11 is 5.71. The SMILES string of the molecule is O=C(O)N(c1ccccc1)c1ccc(S(=O)(=O)F)c(Cl)c1. The molecule has 110 valence electrons. The number of carbonyl (C=O) groups is 1. The molecule has 0 aromatic heterocycles. The number of carboxylic acid groups (broad SMARTS) is 1. The Balaban J connectivity index is 2.54. The normalized spacial score (nSPS) is 11.1. The molecule has 0 aliphatic rings. The first-order valence-corrected chi connectivity index (χ1v) is 7.39. The van der Waals surface area contributed by atoms with E-state index >= 15 is 0 Å². The van der Waals surface area contributed by atoms with Gasteiger partial charge in [-0.25, -0.2) is 9.69 Å². The number of hydrogen-bond acceptors (Lipinski definition) is 3. The lowest BCUT2D eigenvalue weighted by Crippen LogP contribution is -2.23. The van der Waals surface area contributed by atoms with Crippen LogP contribution in [0.5, 0.6) is 0 Å². The molecular formula is C13H9ClFNO4S. The van der Waals surface area contributed by atoms with E-state index in [1.54, 1.807) is 30.3 Å². The third kappa shape index (κ3) is 3.32. The van der Waals surface area contributed by atoms with Crippen LogP contribution in [0.15, 0.2) is 53.4 Å². The number of hydrogen-bond donors (Lipinski definition) is 1. The number of anilines is 2. The molecule has 0 atom stereocenters. The lowest BCUT2D eigenvalue weighted by Gasteiger charge is -2.19. The minimum absolute atomic E-state index is 0.103. The summed E-state index contributed by atoms with van der Waals surface area (Å²) in [6.45, 7) is 0. The van der Waals surface area contributed by atoms with Crippen LogP contribution in [0.3, 0.4) is 0 Å². The molecule has 21 heavy (non-hydrogen) atoms. The molecule has 0 spiro atoms. The fraction of sp³-hybridized carbons (Fsp3) is 0. The quantitative estimate of drug-likeness (QED) is 0.869. The van der Waals surface area contributed by atoms with E-state index in [0.717, 1.165) is 17.0 Å². The van der Waals surface area contributed by atoms with Crippen molar-refractivity contribution in [3.63, 3.8) is 0 Å². The first kappa shape index (κ1) is 15.3. The van der Waals surface area contributed by atoms with Crippen LogP contribution in [-0.2, 0) is 10.2 Å². The maximum atomic E-state index is 13.0. The first-order chi connectivity index (χ1) is 9.80. The highest BCUT2D eigenvalue weighted by atomic mass is 35.5. The van der Waals surface area contributed by atoms with E-state index < -0.39 is 26.2 Å². The highest BCUT2D eigenvalue weighted by Crippen LogP contribution is 2.31. The topological polar surface area (TPSA) is 74.7 Å². The summed E-state index contributed by atoms with van der Waals surface area (Å²) in [4.78, 5) is 11.6. The van der Waals surface area contributed by atoms with Gasteiger partial charge in [0.15, 0.2) is 0 Å². The van der Waals surface area contributed by atoms with E-state index in [0.29, 0.717) is 5.69 Å². The lowest BCUT2D eigenvalue weighted by molar-refractivity contribution is 0.205. The van der Waals surface area contributed by atoms with Gasteiger partial charge in [-0.3, -0.25) is 0 Å². The lowest BCUT2D eigenvalue weighted by atomic mass is 10.2. The van der Waals surface area contributed by atoms with Crippen molar-refractivity contribution in [2.45, 2.75) is 4.90 Å². The minimum Gasteiger partial charge on any atom is -0.464 e. The number of halogens is 2. The highest BCUT2D eigenvalue weighted by Gasteiger charge is 2.21. The van der Waals surface area contributed by atoms with Crippen molar-refractivity contribution in [1.82, 2.24) is 0 Å². The van der Waals surface area contributed by atoms with Gasteiger partial charge in [0, 0.05) is 0 Å². The minimum atomic E-state index is -4.96. The molecule has 8 heteroatoms. The monoisotopic (exact) mass is 329 g/mol. The number of nitrogens with zero attached hydrogens (tertiary/aromatic N) is 1. The fourth-order valence-electron chi connectivity index (χ4n) is 1.77. The molecule has 0 aliphatic carbocycles. The van der Waals surface area contributed by atoms with Gasteiger partial charge in [-0.05, 0) is 30.3 Å². The molecule has 0 aliphatic heterocycles. The summed E-state index contributed by atoms with van der Waals surface area (Å²) in [5, 5.41) is 8.90. The van der Waals surface area contributed by atoms with Gasteiger partial charge in [-0.2, -0.15) is 8.42 Å². The molecule has 0 radical (unpaired) electrons. The van der Waals surface area contributed by atoms with Crippen LogP contribution in [-0.4, -0.2) is 19.6 Å². The molecule has 0 fully saturated rings. The van der Waals surface area contributed by atoms with E-state index in [-0.39, 0.29) is 5.69 Å². The highest BCUT2D eigenvalue weighted by molar-refractivity contribution is 7.86. The Hall–Kier alpha value is -2.12. The standard InChI is InChI=1S/C13H9ClFNO4S/c14-11-8-10(6-7-12(11)21(15,19)20)16(13(17)18)9-4-2-1-3-5-9/h1-8H,(H,17,18). The number of para-hydroxylation sites is 1. The van der Waals surface area contributed by atoms with Gasteiger partial charge < -0.3 is 5.11 Å². The number of rotatable bonds is 3. The Morgan fingerprint density at radius 2 is 1.71 bits per heavy atom. The molecule has 1 N–H and O–H groups in total. The third-order valence-electron chi connectivity index (χ3n) is 2.64. The van der Waals surface area contributed by atoms with Crippen LogP contribution in [0.2, 0.25) is 5.02 Å². The predicted molar refractivity (Wildman–Crippen MR) is 76.4 cm³/mol. The molecule has 0 saturated carbocycles. The molecular weight excluding hydrogens is 321 g/mol. The van der Waals surface area contributed by atoms with Crippen molar-refractivity contribution in [2.75, 3.05) is 4.90 Å². The number of benzene rings is 2. The summed E-state index contributed by atoms with van der Waals surface area (Å²) in [7, 11) is -4.96. The van der Waals surface area contributed by atoms with E-state index in [9.17, 15) is 22.2 Å². The average Bonchev–Trinajstić information content (AvgIpc) is 2.38. The Morgan fingerprint density at radius 3 is 2.19 bits per heavy atom. The smallest absolute Gasteiger partial charge is 0.416 e. The zero-order chi connectivity index (χ0) is 15.6. The van der Waals surface area contributed by atoms with Gasteiger partial charge in [-0.15, -0.1) is 3.89 Å². The summed E-state index contributed by atoms with van der Waals surface area (Å²) < 4.78 is 34.7. The van der Waals surface area contributed by atoms with Gasteiger partial charge in [0.2, 0.25) is 0 Å². The Morgan fingerprint density at radius 1 is 1.10 bits per heavy atom. The molecule has 0 bridgehead atoms. The largest absolute Gasteiger partial charge is 0.464 e. The van der Waals surface area contributed by atoms with Gasteiger partial charge >= 0.3 is 16.3 Å². The van der Waals surface area contributed by atoms with Crippen LogP contribution in [0.1, 0.15) is 0 Å². The Labute approximate surface area is 125 Å².